The van der Waals surface area contributed by atoms with Gasteiger partial charge in [-0.15, -0.1) is 24.0 Å². The number of nitrogens with zero attached hydrogens (tertiary/aromatic N) is 4. The zero-order chi connectivity index (χ0) is 19.2. The fourth-order valence-corrected chi connectivity index (χ4v) is 3.12. The molecule has 0 aliphatic carbocycles. The first kappa shape index (κ1) is 22.5. The molecule has 28 heavy (non-hydrogen) atoms. The van der Waals surface area contributed by atoms with E-state index in [2.05, 4.69) is 20.7 Å². The summed E-state index contributed by atoms with van der Waals surface area (Å²) in [6, 6.07) is 7.75. The highest BCUT2D eigenvalue weighted by molar-refractivity contribution is 14.0. The summed E-state index contributed by atoms with van der Waals surface area (Å²) < 4.78 is 1.81. The van der Waals surface area contributed by atoms with Crippen LogP contribution in [0.15, 0.2) is 41.7 Å². The Morgan fingerprint density at radius 1 is 1.36 bits per heavy atom. The van der Waals surface area contributed by atoms with Crippen molar-refractivity contribution in [1.82, 2.24) is 25.3 Å². The van der Waals surface area contributed by atoms with Crippen LogP contribution >= 0.6 is 35.6 Å². The fraction of sp³-hybridized carbons (Fsp3) is 0.421. The van der Waals surface area contributed by atoms with Crippen molar-refractivity contribution < 1.29 is 4.79 Å². The number of hydrogen-bond donors (Lipinski definition) is 2. The van der Waals surface area contributed by atoms with E-state index in [9.17, 15) is 4.79 Å². The zero-order valence-electron chi connectivity index (χ0n) is 16.1. The standard InChI is InChI=1S/C19H25ClN6O.HI/c1-3-21-19(24-16-6-9-18(27)25(2)13-16)22-10-14-11-23-26(12-14)17-7-4-15(20)5-8-17;/h4-5,7-8,11-12,16H,3,6,9-10,13H2,1-2H3,(H2,21,22,24);1H. The molecule has 1 atom stereocenters. The molecule has 1 saturated heterocycles. The van der Waals surface area contributed by atoms with E-state index in [1.807, 2.05) is 55.3 Å². The molecule has 1 aliphatic heterocycles. The minimum absolute atomic E-state index is 0. The van der Waals surface area contributed by atoms with Crippen molar-refractivity contribution >= 4 is 47.4 Å². The largest absolute Gasteiger partial charge is 0.357 e. The number of likely N-dealkylation sites (N-methyl/N-ethyl adjacent to an activating group) is 1. The Morgan fingerprint density at radius 3 is 2.79 bits per heavy atom. The number of halogens is 2. The number of nitrogens with one attached hydrogen (secondary N) is 2. The highest BCUT2D eigenvalue weighted by atomic mass is 127. The van der Waals surface area contributed by atoms with Gasteiger partial charge in [0.15, 0.2) is 5.96 Å². The average molecular weight is 517 g/mol. The molecular weight excluding hydrogens is 491 g/mol. The van der Waals surface area contributed by atoms with Crippen LogP contribution in [0.1, 0.15) is 25.3 Å². The van der Waals surface area contributed by atoms with E-state index in [0.717, 1.165) is 30.2 Å². The maximum atomic E-state index is 11.6. The van der Waals surface area contributed by atoms with Crippen LogP contribution in [0.3, 0.4) is 0 Å². The molecule has 0 saturated carbocycles. The van der Waals surface area contributed by atoms with E-state index >= 15 is 0 Å². The predicted molar refractivity (Wildman–Crippen MR) is 123 cm³/mol. The Bertz CT molecular complexity index is 807. The molecule has 2 heterocycles. The van der Waals surface area contributed by atoms with Crippen molar-refractivity contribution in [2.75, 3.05) is 20.1 Å². The fourth-order valence-electron chi connectivity index (χ4n) is 2.99. The Morgan fingerprint density at radius 2 is 2.11 bits per heavy atom. The Kier molecular flexibility index (Phi) is 8.56. The quantitative estimate of drug-likeness (QED) is 0.364. The number of likely N-dealkylation sites (tertiary alicyclic amines) is 1. The minimum atomic E-state index is 0. The van der Waals surface area contributed by atoms with Crippen molar-refractivity contribution in [2.45, 2.75) is 32.4 Å². The lowest BCUT2D eigenvalue weighted by Gasteiger charge is -2.31. The van der Waals surface area contributed by atoms with Crippen molar-refractivity contribution in [3.63, 3.8) is 0 Å². The number of hydrogen-bond acceptors (Lipinski definition) is 3. The molecule has 0 radical (unpaired) electrons. The second kappa shape index (κ2) is 10.7. The van der Waals surface area contributed by atoms with Gasteiger partial charge in [0.05, 0.1) is 18.4 Å². The van der Waals surface area contributed by atoms with Gasteiger partial charge in [0.1, 0.15) is 0 Å². The van der Waals surface area contributed by atoms with Crippen molar-refractivity contribution in [3.8, 4) is 5.69 Å². The average Bonchev–Trinajstić information content (AvgIpc) is 3.12. The second-order valence-electron chi connectivity index (χ2n) is 6.62. The Labute approximate surface area is 187 Å². The molecule has 2 aromatic rings. The van der Waals surface area contributed by atoms with Crippen molar-refractivity contribution in [2.24, 2.45) is 4.99 Å². The van der Waals surface area contributed by atoms with Gasteiger partial charge in [-0.25, -0.2) is 9.67 Å². The van der Waals surface area contributed by atoms with E-state index in [-0.39, 0.29) is 35.9 Å². The number of rotatable bonds is 5. The molecule has 0 spiro atoms. The van der Waals surface area contributed by atoms with Gasteiger partial charge in [0.25, 0.3) is 0 Å². The number of guanidine groups is 1. The van der Waals surface area contributed by atoms with Gasteiger partial charge in [-0.05, 0) is 37.6 Å². The van der Waals surface area contributed by atoms with Gasteiger partial charge < -0.3 is 15.5 Å². The molecule has 7 nitrogen and oxygen atoms in total. The Balaban J connectivity index is 0.00000280. The lowest BCUT2D eigenvalue weighted by Crippen LogP contribution is -2.51. The van der Waals surface area contributed by atoms with Crippen LogP contribution in [0.4, 0.5) is 0 Å². The molecule has 1 fully saturated rings. The smallest absolute Gasteiger partial charge is 0.222 e. The summed E-state index contributed by atoms with van der Waals surface area (Å²) in [6.45, 7) is 4.02. The number of carbonyl (C=O) groups excluding carboxylic acids is 1. The van der Waals surface area contributed by atoms with Gasteiger partial charge in [-0.1, -0.05) is 11.6 Å². The van der Waals surface area contributed by atoms with E-state index in [1.165, 1.54) is 0 Å². The molecule has 2 N–H and O–H groups in total. The highest BCUT2D eigenvalue weighted by Crippen LogP contribution is 2.14. The van der Waals surface area contributed by atoms with E-state index in [1.54, 1.807) is 4.90 Å². The van der Waals surface area contributed by atoms with Crippen LogP contribution in [0, 0.1) is 0 Å². The van der Waals surface area contributed by atoms with E-state index < -0.39 is 0 Å². The maximum absolute atomic E-state index is 11.6. The Hall–Kier alpha value is -1.81. The monoisotopic (exact) mass is 516 g/mol. The first-order valence-electron chi connectivity index (χ1n) is 9.13. The molecule has 1 amide bonds. The minimum Gasteiger partial charge on any atom is -0.357 e. The van der Waals surface area contributed by atoms with Crippen LogP contribution < -0.4 is 10.6 Å². The highest BCUT2D eigenvalue weighted by Gasteiger charge is 2.23. The summed E-state index contributed by atoms with van der Waals surface area (Å²) in [4.78, 5) is 18.1. The van der Waals surface area contributed by atoms with Crippen LogP contribution in [0.5, 0.6) is 0 Å². The molecule has 3 rings (SSSR count). The number of benzene rings is 1. The summed E-state index contributed by atoms with van der Waals surface area (Å²) in [5.74, 6) is 0.953. The number of carbonyl (C=O) groups is 1. The molecular formula is C19H26ClIN6O. The molecule has 152 valence electrons. The van der Waals surface area contributed by atoms with Gasteiger partial charge in [-0.3, -0.25) is 4.79 Å². The third-order valence-corrected chi connectivity index (χ3v) is 4.71. The predicted octanol–water partition coefficient (Wildman–Crippen LogP) is 2.82. The number of piperidine rings is 1. The molecule has 9 heteroatoms. The second-order valence-corrected chi connectivity index (χ2v) is 7.06. The van der Waals surface area contributed by atoms with Gasteiger partial charge in [-0.2, -0.15) is 5.10 Å². The SMILES string of the molecule is CCNC(=NCc1cnn(-c2ccc(Cl)cc2)c1)NC1CCC(=O)N(C)C1.I. The molecule has 1 aliphatic rings. The molecule has 0 bridgehead atoms. The summed E-state index contributed by atoms with van der Waals surface area (Å²) in [7, 11) is 1.84. The van der Waals surface area contributed by atoms with Crippen molar-refractivity contribution in [1.29, 1.82) is 0 Å². The van der Waals surface area contributed by atoms with E-state index in [4.69, 9.17) is 11.6 Å². The summed E-state index contributed by atoms with van der Waals surface area (Å²) in [6.07, 6.45) is 5.17. The first-order chi connectivity index (χ1) is 13.0. The lowest BCUT2D eigenvalue weighted by atomic mass is 10.1. The van der Waals surface area contributed by atoms with Crippen LogP contribution in [-0.2, 0) is 11.3 Å². The van der Waals surface area contributed by atoms with Gasteiger partial charge >= 0.3 is 0 Å². The number of amides is 1. The van der Waals surface area contributed by atoms with E-state index in [0.29, 0.717) is 24.5 Å². The van der Waals surface area contributed by atoms with Crippen molar-refractivity contribution in [3.05, 3.63) is 47.2 Å². The maximum Gasteiger partial charge on any atom is 0.222 e. The number of aliphatic imine (C=N–C) groups is 1. The molecule has 1 unspecified atom stereocenters. The first-order valence-corrected chi connectivity index (χ1v) is 9.51. The molecule has 1 aromatic carbocycles. The summed E-state index contributed by atoms with van der Waals surface area (Å²) in [5, 5.41) is 11.8. The number of aromatic nitrogens is 2. The third kappa shape index (κ3) is 6.10. The lowest BCUT2D eigenvalue weighted by molar-refractivity contribution is -0.132. The summed E-state index contributed by atoms with van der Waals surface area (Å²) >= 11 is 5.93. The zero-order valence-corrected chi connectivity index (χ0v) is 19.1. The van der Waals surface area contributed by atoms with Crippen LogP contribution in [0.2, 0.25) is 5.02 Å². The van der Waals surface area contributed by atoms with Gasteiger partial charge in [0.2, 0.25) is 5.91 Å². The molecule has 1 aromatic heterocycles. The summed E-state index contributed by atoms with van der Waals surface area (Å²) in [5.41, 5.74) is 1.97. The van der Waals surface area contributed by atoms with Gasteiger partial charge in [0, 0.05) is 49.4 Å². The van der Waals surface area contributed by atoms with Crippen LogP contribution in [-0.4, -0.2) is 52.7 Å². The topological polar surface area (TPSA) is 74.5 Å². The normalized spacial score (nSPS) is 17.2. The van der Waals surface area contributed by atoms with Crippen LogP contribution in [0.25, 0.3) is 5.69 Å². The third-order valence-electron chi connectivity index (χ3n) is 4.46.